The molecule has 2 rings (SSSR count). The fourth-order valence-electron chi connectivity index (χ4n) is 2.06. The zero-order valence-electron chi connectivity index (χ0n) is 11.7. The maximum absolute atomic E-state index is 11.8. The van der Waals surface area contributed by atoms with E-state index in [0.29, 0.717) is 18.4 Å². The molecule has 0 spiro atoms. The first-order valence-corrected chi connectivity index (χ1v) is 7.75. The smallest absolute Gasteiger partial charge is 0.313 e. The Hall–Kier alpha value is -1.43. The van der Waals surface area contributed by atoms with Crippen LogP contribution < -0.4 is 0 Å². The molecular weight excluding hydrogens is 278 g/mol. The molecule has 1 aromatic rings. The summed E-state index contributed by atoms with van der Waals surface area (Å²) in [5.74, 6) is 2.15. The normalized spacial score (nSPS) is 20.7. The lowest BCUT2D eigenvalue weighted by Crippen LogP contribution is -2.28. The van der Waals surface area contributed by atoms with Gasteiger partial charge in [-0.2, -0.15) is 0 Å². The summed E-state index contributed by atoms with van der Waals surface area (Å²) in [5, 5.41) is 8.52. The van der Waals surface area contributed by atoms with Gasteiger partial charge in [0.25, 0.3) is 0 Å². The Morgan fingerprint density at radius 1 is 1.45 bits per heavy atom. The third kappa shape index (κ3) is 4.03. The fraction of sp³-hybridized carbons (Fsp3) is 0.571. The highest BCUT2D eigenvalue weighted by molar-refractivity contribution is 8.00. The molecule has 1 aliphatic carbocycles. The molecule has 1 fully saturated rings. The molecule has 0 aromatic carbocycles. The maximum atomic E-state index is 11.8. The molecule has 110 valence electrons. The average Bonchev–Trinajstić information content (AvgIpc) is 2.93. The van der Waals surface area contributed by atoms with E-state index in [1.807, 2.05) is 12.1 Å². The molecule has 1 amide bonds. The van der Waals surface area contributed by atoms with E-state index < -0.39 is 5.97 Å². The van der Waals surface area contributed by atoms with Crippen molar-refractivity contribution in [2.24, 2.45) is 5.92 Å². The van der Waals surface area contributed by atoms with Crippen molar-refractivity contribution in [1.29, 1.82) is 0 Å². The van der Waals surface area contributed by atoms with Crippen LogP contribution in [0.2, 0.25) is 0 Å². The maximum Gasteiger partial charge on any atom is 0.313 e. The molecule has 1 N–H and O–H groups in total. The third-order valence-electron chi connectivity index (χ3n) is 3.43. The van der Waals surface area contributed by atoms with Gasteiger partial charge in [-0.25, -0.2) is 0 Å². The van der Waals surface area contributed by atoms with Crippen molar-refractivity contribution in [3.05, 3.63) is 23.7 Å². The predicted octanol–water partition coefficient (Wildman–Crippen LogP) is 2.18. The summed E-state index contributed by atoms with van der Waals surface area (Å²) in [6.07, 6.45) is 1.17. The summed E-state index contributed by atoms with van der Waals surface area (Å²) in [6, 6.07) is 3.90. The van der Waals surface area contributed by atoms with Crippen LogP contribution in [0.3, 0.4) is 0 Å². The first-order valence-electron chi connectivity index (χ1n) is 6.59. The highest BCUT2D eigenvalue weighted by atomic mass is 32.2. The largest absolute Gasteiger partial charge is 0.481 e. The van der Waals surface area contributed by atoms with Gasteiger partial charge in [-0.15, -0.1) is 11.8 Å². The van der Waals surface area contributed by atoms with Crippen molar-refractivity contribution < 1.29 is 19.1 Å². The van der Waals surface area contributed by atoms with Crippen LogP contribution in [0.15, 0.2) is 16.5 Å². The molecule has 1 aromatic heterocycles. The van der Waals surface area contributed by atoms with Crippen molar-refractivity contribution in [2.45, 2.75) is 25.8 Å². The zero-order valence-corrected chi connectivity index (χ0v) is 12.5. The molecule has 0 saturated heterocycles. The number of hydrogen-bond acceptors (Lipinski definition) is 4. The molecule has 1 aliphatic rings. The van der Waals surface area contributed by atoms with Gasteiger partial charge in [0.2, 0.25) is 5.91 Å². The summed E-state index contributed by atoms with van der Waals surface area (Å²) in [4.78, 5) is 23.7. The second kappa shape index (κ2) is 6.35. The first-order chi connectivity index (χ1) is 9.47. The van der Waals surface area contributed by atoms with Gasteiger partial charge < -0.3 is 14.4 Å². The quantitative estimate of drug-likeness (QED) is 0.835. The second-order valence-corrected chi connectivity index (χ2v) is 6.25. The van der Waals surface area contributed by atoms with Crippen LogP contribution in [-0.4, -0.2) is 40.4 Å². The summed E-state index contributed by atoms with van der Waals surface area (Å²) in [5.41, 5.74) is 0. The summed E-state index contributed by atoms with van der Waals surface area (Å²) in [7, 11) is 1.70. The molecular formula is C14H19NO4S. The Morgan fingerprint density at radius 3 is 2.75 bits per heavy atom. The molecule has 20 heavy (non-hydrogen) atoms. The zero-order chi connectivity index (χ0) is 14.7. The lowest BCUT2D eigenvalue weighted by molar-refractivity contribution is -0.133. The van der Waals surface area contributed by atoms with Crippen LogP contribution in [0.1, 0.15) is 30.8 Å². The number of furan rings is 1. The van der Waals surface area contributed by atoms with Gasteiger partial charge in [-0.05, 0) is 24.5 Å². The monoisotopic (exact) mass is 297 g/mol. The van der Waals surface area contributed by atoms with Crippen LogP contribution >= 0.6 is 11.8 Å². The average molecular weight is 297 g/mol. The van der Waals surface area contributed by atoms with Crippen LogP contribution in [0, 0.1) is 5.92 Å². The van der Waals surface area contributed by atoms with Crippen LogP contribution in [0.5, 0.6) is 0 Å². The number of carboxylic acids is 1. The van der Waals surface area contributed by atoms with Crippen LogP contribution in [-0.2, 0) is 16.1 Å². The van der Waals surface area contributed by atoms with E-state index in [4.69, 9.17) is 9.52 Å². The Balaban J connectivity index is 1.78. The Kier molecular flexibility index (Phi) is 4.75. The SMILES string of the molecule is CC1CC1c1ccc(CN(C)C(=O)CSCC(=O)O)o1. The fourth-order valence-corrected chi connectivity index (χ4v) is 2.73. The van der Waals surface area contributed by atoms with Gasteiger partial charge in [0.05, 0.1) is 18.1 Å². The number of rotatable bonds is 7. The minimum atomic E-state index is -0.903. The molecule has 5 nitrogen and oxygen atoms in total. The highest BCUT2D eigenvalue weighted by Gasteiger charge is 2.36. The van der Waals surface area contributed by atoms with Gasteiger partial charge in [-0.1, -0.05) is 6.92 Å². The number of amides is 1. The van der Waals surface area contributed by atoms with Gasteiger partial charge in [0, 0.05) is 13.0 Å². The second-order valence-electron chi connectivity index (χ2n) is 5.26. The summed E-state index contributed by atoms with van der Waals surface area (Å²) >= 11 is 1.11. The van der Waals surface area contributed by atoms with E-state index >= 15 is 0 Å². The molecule has 1 saturated carbocycles. The Morgan fingerprint density at radius 2 is 2.15 bits per heavy atom. The van der Waals surface area contributed by atoms with Crippen LogP contribution in [0.25, 0.3) is 0 Å². The molecule has 0 bridgehead atoms. The number of carbonyl (C=O) groups is 2. The Bertz CT molecular complexity index is 499. The van der Waals surface area contributed by atoms with Gasteiger partial charge in [0.1, 0.15) is 11.5 Å². The van der Waals surface area contributed by atoms with E-state index in [2.05, 4.69) is 6.92 Å². The van der Waals surface area contributed by atoms with Crippen molar-refractivity contribution in [1.82, 2.24) is 4.90 Å². The number of carboxylic acid groups (broad SMARTS) is 1. The predicted molar refractivity (Wildman–Crippen MR) is 76.7 cm³/mol. The van der Waals surface area contributed by atoms with E-state index in [1.165, 1.54) is 6.42 Å². The lowest BCUT2D eigenvalue weighted by atomic mass is 10.3. The first kappa shape index (κ1) is 15.0. The van der Waals surface area contributed by atoms with E-state index in [-0.39, 0.29) is 17.4 Å². The summed E-state index contributed by atoms with van der Waals surface area (Å²) < 4.78 is 5.75. The minimum absolute atomic E-state index is 0.0515. The van der Waals surface area contributed by atoms with Crippen molar-refractivity contribution in [3.8, 4) is 0 Å². The van der Waals surface area contributed by atoms with Crippen molar-refractivity contribution in [3.63, 3.8) is 0 Å². The molecule has 6 heteroatoms. The van der Waals surface area contributed by atoms with Gasteiger partial charge >= 0.3 is 5.97 Å². The number of thioether (sulfide) groups is 1. The van der Waals surface area contributed by atoms with E-state index in [1.54, 1.807) is 11.9 Å². The van der Waals surface area contributed by atoms with Gasteiger partial charge in [0.15, 0.2) is 0 Å². The van der Waals surface area contributed by atoms with Crippen molar-refractivity contribution in [2.75, 3.05) is 18.6 Å². The molecule has 0 aliphatic heterocycles. The third-order valence-corrected chi connectivity index (χ3v) is 4.33. The standard InChI is InChI=1S/C14H19NO4S/c1-9-5-11(9)12-4-3-10(19-12)6-15(2)13(16)7-20-8-14(17)18/h3-4,9,11H,5-8H2,1-2H3,(H,17,18). The minimum Gasteiger partial charge on any atom is -0.481 e. The topological polar surface area (TPSA) is 70.8 Å². The summed E-state index contributed by atoms with van der Waals surface area (Å²) in [6.45, 7) is 2.62. The van der Waals surface area contributed by atoms with Crippen LogP contribution in [0.4, 0.5) is 0 Å². The van der Waals surface area contributed by atoms with E-state index in [9.17, 15) is 9.59 Å². The van der Waals surface area contributed by atoms with E-state index in [0.717, 1.165) is 23.3 Å². The molecule has 0 radical (unpaired) electrons. The molecule has 2 unspecified atom stereocenters. The number of hydrogen-bond donors (Lipinski definition) is 1. The molecule has 2 atom stereocenters. The number of carbonyl (C=O) groups excluding carboxylic acids is 1. The molecule has 1 heterocycles. The van der Waals surface area contributed by atoms with Gasteiger partial charge in [-0.3, -0.25) is 9.59 Å². The highest BCUT2D eigenvalue weighted by Crippen LogP contribution is 2.47. The lowest BCUT2D eigenvalue weighted by Gasteiger charge is -2.15. The number of aliphatic carboxylic acids is 1. The van der Waals surface area contributed by atoms with Crippen molar-refractivity contribution >= 4 is 23.6 Å². The Labute approximate surface area is 122 Å². The number of nitrogens with zero attached hydrogens (tertiary/aromatic N) is 1.